The molecule has 2 fully saturated rings. The number of rotatable bonds is 15. The van der Waals surface area contributed by atoms with Gasteiger partial charge in [-0.15, -0.1) is 0 Å². The Morgan fingerprint density at radius 3 is 2.60 bits per heavy atom. The molecule has 2 saturated heterocycles. The second-order valence-corrected chi connectivity index (χ2v) is 13.9. The first kappa shape index (κ1) is 37.6. The number of nitrogen functional groups attached to an aromatic ring is 1. The monoisotopic (exact) mass is 704 g/mol. The van der Waals surface area contributed by atoms with Gasteiger partial charge in [0, 0.05) is 18.4 Å². The SMILES string of the molecule is CCSSCC(=O)NC1C(O)CC(OP(=O)([O-])OCC2OC(n3ccc(N)nc3=O)C(O)C2O)(C(=O)[O-])OC1[C@H](O)[C@H](O)CO. The van der Waals surface area contributed by atoms with Crippen LogP contribution in [0.3, 0.4) is 0 Å². The van der Waals surface area contributed by atoms with Crippen molar-refractivity contribution in [2.45, 2.75) is 74.1 Å². The largest absolute Gasteiger partial charge is 0.756 e. The van der Waals surface area contributed by atoms with E-state index in [1.807, 2.05) is 6.92 Å². The number of carbonyl (C=O) groups is 2. The van der Waals surface area contributed by atoms with Crippen LogP contribution in [0.2, 0.25) is 0 Å². The summed E-state index contributed by atoms with van der Waals surface area (Å²) in [6.45, 7) is -0.350. The van der Waals surface area contributed by atoms with Gasteiger partial charge in [-0.05, 0) is 6.07 Å². The Kier molecular flexibility index (Phi) is 13.2. The summed E-state index contributed by atoms with van der Waals surface area (Å²) in [5, 5.41) is 75.9. The Balaban J connectivity index is 1.78. The molecule has 9 unspecified atom stereocenters. The van der Waals surface area contributed by atoms with Gasteiger partial charge in [0.1, 0.15) is 48.4 Å². The Bertz CT molecular complexity index is 1300. The van der Waals surface area contributed by atoms with Crippen LogP contribution in [0.5, 0.6) is 0 Å². The number of carboxylic acids is 1. The lowest BCUT2D eigenvalue weighted by molar-refractivity contribution is -0.377. The third-order valence-corrected chi connectivity index (χ3v) is 9.97. The predicted molar refractivity (Wildman–Crippen MR) is 148 cm³/mol. The number of carbonyl (C=O) groups excluding carboxylic acids is 2. The van der Waals surface area contributed by atoms with E-state index in [-0.39, 0.29) is 11.6 Å². The van der Waals surface area contributed by atoms with Crippen molar-refractivity contribution in [1.82, 2.24) is 14.9 Å². The second-order valence-electron chi connectivity index (χ2n) is 9.82. The number of aliphatic hydroxyl groups excluding tert-OH is 6. The minimum absolute atomic E-state index is 0.146. The number of nitrogens with one attached hydrogen (secondary N) is 1. The number of hydrogen-bond acceptors (Lipinski definition) is 20. The fourth-order valence-electron chi connectivity index (χ4n) is 4.47. The van der Waals surface area contributed by atoms with Gasteiger partial charge >= 0.3 is 5.69 Å². The van der Waals surface area contributed by atoms with Gasteiger partial charge in [0.15, 0.2) is 6.23 Å². The molecule has 20 nitrogen and oxygen atoms in total. The van der Waals surface area contributed by atoms with Gasteiger partial charge in [-0.3, -0.25) is 18.5 Å². The second kappa shape index (κ2) is 15.8. The van der Waals surface area contributed by atoms with Crippen molar-refractivity contribution < 1.29 is 73.3 Å². The quantitative estimate of drug-likeness (QED) is 0.0479. The molecule has 0 saturated carbocycles. The van der Waals surface area contributed by atoms with E-state index in [1.165, 1.54) is 16.9 Å². The standard InChI is InChI=1S/C22H35N4O16PS2/c1-2-44-45-8-13(30)25-14-9(28)5-22(20(34)35,41-18(14)15(31)10(29)6-27)42-43(37,38)39-7-11-16(32)17(33)19(40-11)26-4-3-12(23)24-21(26)36/h3-4,9-11,14-19,27-29,31-33H,2,5-8H2,1H3,(H,25,30)(H,34,35)(H,37,38)(H2,23,24,36)/p-2/t9?,10-,11?,14?,15-,16?,17?,18?,19?,22?/m1/s1. The number of amides is 1. The smallest absolute Gasteiger partial charge is 0.351 e. The highest BCUT2D eigenvalue weighted by Gasteiger charge is 2.54. The van der Waals surface area contributed by atoms with Crippen LogP contribution in [0.4, 0.5) is 5.82 Å². The van der Waals surface area contributed by atoms with Crippen LogP contribution in [0.15, 0.2) is 17.1 Å². The van der Waals surface area contributed by atoms with E-state index in [2.05, 4.69) is 19.3 Å². The van der Waals surface area contributed by atoms with Gasteiger partial charge in [-0.1, -0.05) is 28.5 Å². The van der Waals surface area contributed by atoms with Crippen molar-refractivity contribution in [2.75, 3.05) is 30.5 Å². The van der Waals surface area contributed by atoms with Crippen LogP contribution in [-0.2, 0) is 32.7 Å². The minimum Gasteiger partial charge on any atom is -0.756 e. The number of phosphoric acid groups is 1. The van der Waals surface area contributed by atoms with E-state index in [4.69, 9.17) is 15.2 Å². The van der Waals surface area contributed by atoms with Crippen LogP contribution in [0.1, 0.15) is 19.6 Å². The van der Waals surface area contributed by atoms with Crippen molar-refractivity contribution in [3.63, 3.8) is 0 Å². The van der Waals surface area contributed by atoms with E-state index in [9.17, 15) is 59.6 Å². The molecule has 0 bridgehead atoms. The van der Waals surface area contributed by atoms with Crippen molar-refractivity contribution in [1.29, 1.82) is 0 Å². The third-order valence-electron chi connectivity index (χ3n) is 6.64. The van der Waals surface area contributed by atoms with Crippen LogP contribution in [-0.4, -0.2) is 131 Å². The summed E-state index contributed by atoms with van der Waals surface area (Å²) in [7, 11) is -3.36. The summed E-state index contributed by atoms with van der Waals surface area (Å²) in [5.74, 6) is -6.10. The molecular formula is C22H33N4O16PS2-2. The maximum atomic E-state index is 12.8. The molecule has 0 aromatic carbocycles. The average Bonchev–Trinajstić information content (AvgIpc) is 3.25. The molecule has 0 spiro atoms. The third kappa shape index (κ3) is 9.14. The number of carboxylic acid groups (broad SMARTS) is 1. The zero-order valence-electron chi connectivity index (χ0n) is 23.4. The fraction of sp³-hybridized carbons (Fsp3) is 0.727. The van der Waals surface area contributed by atoms with E-state index in [0.29, 0.717) is 5.75 Å². The number of hydrogen-bond donors (Lipinski definition) is 8. The number of aliphatic carboxylic acids is 1. The molecule has 0 aliphatic carbocycles. The first-order valence-corrected chi connectivity index (χ1v) is 17.1. The Morgan fingerprint density at radius 1 is 1.31 bits per heavy atom. The summed E-state index contributed by atoms with van der Waals surface area (Å²) in [6, 6.07) is -0.439. The number of nitrogens with two attached hydrogens (primary N) is 1. The lowest BCUT2D eigenvalue weighted by atomic mass is 9.88. The molecule has 2 aliphatic heterocycles. The van der Waals surface area contributed by atoms with E-state index in [0.717, 1.165) is 21.6 Å². The Labute approximate surface area is 262 Å². The number of anilines is 1. The van der Waals surface area contributed by atoms with Gasteiger partial charge in [0.05, 0.1) is 31.1 Å². The van der Waals surface area contributed by atoms with Crippen LogP contribution >= 0.6 is 29.4 Å². The van der Waals surface area contributed by atoms with E-state index < -0.39 is 106 Å². The van der Waals surface area contributed by atoms with Crippen LogP contribution in [0.25, 0.3) is 0 Å². The molecule has 3 heterocycles. The number of phosphoric ester groups is 1. The lowest BCUT2D eigenvalue weighted by Crippen LogP contribution is -2.69. The van der Waals surface area contributed by atoms with Crippen molar-refractivity contribution >= 4 is 47.1 Å². The zero-order chi connectivity index (χ0) is 33.7. The maximum Gasteiger partial charge on any atom is 0.351 e. The molecule has 23 heteroatoms. The highest BCUT2D eigenvalue weighted by molar-refractivity contribution is 8.76. The number of aromatic nitrogens is 2. The summed E-state index contributed by atoms with van der Waals surface area (Å²) >= 11 is 0. The molecule has 45 heavy (non-hydrogen) atoms. The number of nitrogens with zero attached hydrogens (tertiary/aromatic N) is 2. The lowest BCUT2D eigenvalue weighted by Gasteiger charge is -2.50. The molecule has 1 amide bonds. The van der Waals surface area contributed by atoms with Gasteiger partial charge in [-0.2, -0.15) is 4.98 Å². The van der Waals surface area contributed by atoms with Gasteiger partial charge in [0.25, 0.3) is 7.82 Å². The van der Waals surface area contributed by atoms with Gasteiger partial charge in [-0.25, -0.2) is 4.79 Å². The van der Waals surface area contributed by atoms with Gasteiger partial charge in [0.2, 0.25) is 11.7 Å². The Hall–Kier alpha value is -1.89. The molecule has 2 aliphatic rings. The fourth-order valence-corrected chi connectivity index (χ4v) is 6.92. The first-order valence-electron chi connectivity index (χ1n) is 13.2. The first-order chi connectivity index (χ1) is 21.1. The molecule has 11 atom stereocenters. The average molecular weight is 705 g/mol. The normalized spacial score (nSPS) is 32.8. The van der Waals surface area contributed by atoms with Crippen LogP contribution < -0.4 is 26.7 Å². The summed E-state index contributed by atoms with van der Waals surface area (Å²) < 4.78 is 33.5. The van der Waals surface area contributed by atoms with Crippen LogP contribution in [0, 0.1) is 0 Å². The molecule has 256 valence electrons. The zero-order valence-corrected chi connectivity index (χ0v) is 25.9. The summed E-state index contributed by atoms with van der Waals surface area (Å²) in [6.07, 6.45) is -15.2. The van der Waals surface area contributed by atoms with E-state index >= 15 is 0 Å². The molecule has 3 rings (SSSR count). The number of aliphatic hydroxyl groups is 6. The highest BCUT2D eigenvalue weighted by Crippen LogP contribution is 2.48. The molecule has 9 N–H and O–H groups in total. The van der Waals surface area contributed by atoms with Crippen molar-refractivity contribution in [2.24, 2.45) is 0 Å². The minimum atomic E-state index is -5.83. The highest BCUT2D eigenvalue weighted by atomic mass is 33.1. The summed E-state index contributed by atoms with van der Waals surface area (Å²) in [5.41, 5.74) is 4.45. The predicted octanol–water partition coefficient (Wildman–Crippen LogP) is -5.86. The van der Waals surface area contributed by atoms with Crippen molar-refractivity contribution in [3.8, 4) is 0 Å². The Morgan fingerprint density at radius 2 is 2.00 bits per heavy atom. The maximum absolute atomic E-state index is 12.8. The topological polar surface area (TPSA) is 329 Å². The molecule has 0 radical (unpaired) electrons. The molecule has 1 aromatic heterocycles. The summed E-state index contributed by atoms with van der Waals surface area (Å²) in [4.78, 5) is 53.0. The molecule has 1 aromatic rings. The van der Waals surface area contributed by atoms with Crippen molar-refractivity contribution in [3.05, 3.63) is 22.7 Å². The van der Waals surface area contributed by atoms with Gasteiger partial charge < -0.3 is 70.5 Å². The van der Waals surface area contributed by atoms with E-state index in [1.54, 1.807) is 0 Å². The number of ether oxygens (including phenoxy) is 2. The molecular weight excluding hydrogens is 671 g/mol.